The Balaban J connectivity index is 1.65. The normalized spacial score (nSPS) is 30.5. The number of H-pyrrole nitrogens is 1. The molecule has 12 heteroatoms. The Labute approximate surface area is 140 Å². The Kier molecular flexibility index (Phi) is 4.15. The first-order valence-corrected chi connectivity index (χ1v) is 7.64. The lowest BCUT2D eigenvalue weighted by Gasteiger charge is -2.22. The molecule has 2 aromatic heterocycles. The Morgan fingerprint density at radius 2 is 2.20 bits per heavy atom. The molecule has 0 amide bonds. The van der Waals surface area contributed by atoms with Crippen LogP contribution in [-0.4, -0.2) is 74.3 Å². The lowest BCUT2D eigenvalue weighted by atomic mass is 10.1. The number of aliphatic hydroxyl groups excluding tert-OH is 2. The van der Waals surface area contributed by atoms with Crippen molar-refractivity contribution >= 4 is 17.1 Å². The van der Waals surface area contributed by atoms with Crippen LogP contribution in [0.5, 0.6) is 0 Å². The molecule has 136 valence electrons. The van der Waals surface area contributed by atoms with E-state index in [1.807, 2.05) is 0 Å². The topological polar surface area (TPSA) is 167 Å². The van der Waals surface area contributed by atoms with Crippen molar-refractivity contribution in [3.05, 3.63) is 16.7 Å². The van der Waals surface area contributed by atoms with Crippen LogP contribution in [0.4, 0.5) is 5.95 Å². The van der Waals surface area contributed by atoms with Crippen molar-refractivity contribution in [2.24, 2.45) is 0 Å². The highest BCUT2D eigenvalue weighted by atomic mass is 16.9. The molecule has 5 N–H and O–H groups in total. The van der Waals surface area contributed by atoms with Crippen molar-refractivity contribution in [2.75, 3.05) is 25.6 Å². The third-order valence-electron chi connectivity index (χ3n) is 4.07. The number of anilines is 1. The van der Waals surface area contributed by atoms with E-state index in [0.717, 1.165) is 0 Å². The summed E-state index contributed by atoms with van der Waals surface area (Å²) in [5.41, 5.74) is 5.26. The van der Waals surface area contributed by atoms with Gasteiger partial charge in [-0.1, -0.05) is 0 Å². The van der Waals surface area contributed by atoms with Gasteiger partial charge in [-0.2, -0.15) is 4.98 Å². The molecule has 0 spiro atoms. The minimum atomic E-state index is -1.19. The summed E-state index contributed by atoms with van der Waals surface area (Å²) in [6.07, 6.45) is -2.61. The number of imidazole rings is 1. The maximum atomic E-state index is 11.9. The highest BCUT2D eigenvalue weighted by molar-refractivity contribution is 5.70. The number of ether oxygens (including phenoxy) is 4. The van der Waals surface area contributed by atoms with Crippen molar-refractivity contribution < 1.29 is 29.2 Å². The third kappa shape index (κ3) is 2.78. The fourth-order valence-electron chi connectivity index (χ4n) is 2.94. The SMILES string of the molecule is Nc1nc2c(ncn2[C@@H]2O[C@H](CO)C(OC3OCCO3)C2O)c(=O)[nH]1. The van der Waals surface area contributed by atoms with E-state index in [4.69, 9.17) is 24.7 Å². The summed E-state index contributed by atoms with van der Waals surface area (Å²) < 4.78 is 23.0. The van der Waals surface area contributed by atoms with Gasteiger partial charge >= 0.3 is 0 Å². The van der Waals surface area contributed by atoms with Gasteiger partial charge in [0.1, 0.15) is 18.3 Å². The highest BCUT2D eigenvalue weighted by Gasteiger charge is 2.47. The Morgan fingerprint density at radius 3 is 2.92 bits per heavy atom. The van der Waals surface area contributed by atoms with Gasteiger partial charge in [0.15, 0.2) is 17.4 Å². The van der Waals surface area contributed by atoms with Crippen LogP contribution in [-0.2, 0) is 18.9 Å². The van der Waals surface area contributed by atoms with Crippen LogP contribution < -0.4 is 11.3 Å². The Hall–Kier alpha value is -2.09. The molecule has 2 aromatic rings. The van der Waals surface area contributed by atoms with Crippen molar-refractivity contribution in [1.29, 1.82) is 0 Å². The number of rotatable bonds is 4. The number of nitrogens with two attached hydrogens (primary N) is 1. The first-order valence-electron chi connectivity index (χ1n) is 7.64. The molecular formula is C13H17N5O7. The van der Waals surface area contributed by atoms with Gasteiger partial charge in [0.2, 0.25) is 5.95 Å². The fraction of sp³-hybridized carbons (Fsp3) is 0.615. The molecule has 12 nitrogen and oxygen atoms in total. The second kappa shape index (κ2) is 6.33. The van der Waals surface area contributed by atoms with Crippen molar-refractivity contribution in [2.45, 2.75) is 31.0 Å². The average Bonchev–Trinajstić information content (AvgIpc) is 3.29. The van der Waals surface area contributed by atoms with Gasteiger partial charge in [-0.3, -0.25) is 14.3 Å². The van der Waals surface area contributed by atoms with E-state index in [0.29, 0.717) is 13.2 Å². The largest absolute Gasteiger partial charge is 0.394 e. The summed E-state index contributed by atoms with van der Waals surface area (Å²) in [7, 11) is 0. The number of hydrogen-bond donors (Lipinski definition) is 4. The van der Waals surface area contributed by atoms with E-state index < -0.39 is 43.2 Å². The third-order valence-corrected chi connectivity index (χ3v) is 4.07. The predicted molar refractivity (Wildman–Crippen MR) is 80.1 cm³/mol. The van der Waals surface area contributed by atoms with Crippen LogP contribution in [0.1, 0.15) is 6.23 Å². The molecule has 0 saturated carbocycles. The van der Waals surface area contributed by atoms with Gasteiger partial charge in [-0.15, -0.1) is 0 Å². The molecule has 0 radical (unpaired) electrons. The summed E-state index contributed by atoms with van der Waals surface area (Å²) in [4.78, 5) is 22.2. The first-order chi connectivity index (χ1) is 12.1. The van der Waals surface area contributed by atoms with Crippen molar-refractivity contribution in [3.63, 3.8) is 0 Å². The summed E-state index contributed by atoms with van der Waals surface area (Å²) in [6, 6.07) is 0. The van der Waals surface area contributed by atoms with Crippen LogP contribution in [0.2, 0.25) is 0 Å². The molecule has 4 heterocycles. The van der Waals surface area contributed by atoms with Gasteiger partial charge in [0.05, 0.1) is 26.1 Å². The molecule has 4 atom stereocenters. The number of aliphatic hydroxyl groups is 2. The molecule has 2 aliphatic heterocycles. The molecule has 0 aliphatic carbocycles. The van der Waals surface area contributed by atoms with Crippen molar-refractivity contribution in [1.82, 2.24) is 19.5 Å². The van der Waals surface area contributed by atoms with Gasteiger partial charge in [-0.05, 0) is 0 Å². The second-order valence-corrected chi connectivity index (χ2v) is 5.64. The van der Waals surface area contributed by atoms with E-state index in [1.165, 1.54) is 10.9 Å². The van der Waals surface area contributed by atoms with E-state index in [1.54, 1.807) is 0 Å². The molecule has 2 saturated heterocycles. The second-order valence-electron chi connectivity index (χ2n) is 5.64. The maximum absolute atomic E-state index is 11.9. The molecular weight excluding hydrogens is 338 g/mol. The van der Waals surface area contributed by atoms with E-state index in [-0.39, 0.29) is 17.1 Å². The average molecular weight is 355 g/mol. The molecule has 25 heavy (non-hydrogen) atoms. The van der Waals surface area contributed by atoms with Gasteiger partial charge in [0.25, 0.3) is 12.0 Å². The number of nitrogens with one attached hydrogen (secondary N) is 1. The number of aromatic nitrogens is 4. The number of nitrogen functional groups attached to an aromatic ring is 1. The zero-order valence-electron chi connectivity index (χ0n) is 12.9. The number of nitrogens with zero attached hydrogens (tertiary/aromatic N) is 3. The van der Waals surface area contributed by atoms with Gasteiger partial charge in [-0.25, -0.2) is 4.98 Å². The molecule has 2 unspecified atom stereocenters. The number of hydrogen-bond acceptors (Lipinski definition) is 10. The molecule has 2 aliphatic rings. The highest BCUT2D eigenvalue weighted by Crippen LogP contribution is 2.33. The van der Waals surface area contributed by atoms with Crippen molar-refractivity contribution in [3.8, 4) is 0 Å². The summed E-state index contributed by atoms with van der Waals surface area (Å²) in [5, 5.41) is 20.1. The van der Waals surface area contributed by atoms with Gasteiger partial charge < -0.3 is 34.9 Å². The number of aromatic amines is 1. The summed E-state index contributed by atoms with van der Waals surface area (Å²) in [5.74, 6) is -0.0917. The monoisotopic (exact) mass is 355 g/mol. The molecule has 4 rings (SSSR count). The Morgan fingerprint density at radius 1 is 1.44 bits per heavy atom. The van der Waals surface area contributed by atoms with E-state index in [2.05, 4.69) is 15.0 Å². The van der Waals surface area contributed by atoms with E-state index >= 15 is 0 Å². The van der Waals surface area contributed by atoms with Crippen LogP contribution in [0.15, 0.2) is 11.1 Å². The van der Waals surface area contributed by atoms with Crippen LogP contribution in [0, 0.1) is 0 Å². The summed E-state index contributed by atoms with van der Waals surface area (Å²) >= 11 is 0. The lowest BCUT2D eigenvalue weighted by molar-refractivity contribution is -0.267. The summed E-state index contributed by atoms with van der Waals surface area (Å²) in [6.45, 7) is -0.584. The predicted octanol–water partition coefficient (Wildman–Crippen LogP) is -2.33. The molecule has 0 bridgehead atoms. The minimum Gasteiger partial charge on any atom is -0.394 e. The zero-order chi connectivity index (χ0) is 17.6. The molecule has 2 fully saturated rings. The van der Waals surface area contributed by atoms with Crippen LogP contribution >= 0.6 is 0 Å². The Bertz CT molecular complexity index is 817. The van der Waals surface area contributed by atoms with Crippen LogP contribution in [0.3, 0.4) is 0 Å². The quantitative estimate of drug-likeness (QED) is 0.467. The van der Waals surface area contributed by atoms with E-state index in [9.17, 15) is 15.0 Å². The smallest absolute Gasteiger partial charge is 0.280 e. The number of fused-ring (bicyclic) bond motifs is 1. The fourth-order valence-corrected chi connectivity index (χ4v) is 2.94. The lowest BCUT2D eigenvalue weighted by Crippen LogP contribution is -2.39. The standard InChI is InChI=1S/C13H17N5O7/c14-12-16-9-6(10(21)17-12)15-4-18(9)11-7(20)8(5(3-19)24-11)25-13-22-1-2-23-13/h4-5,7-8,11,13,19-20H,1-3H2,(H3,14,16,17,21)/t5-,7?,8?,11-/m1/s1. The molecule has 0 aromatic carbocycles. The maximum Gasteiger partial charge on any atom is 0.280 e. The minimum absolute atomic E-state index is 0.0531. The first kappa shape index (κ1) is 16.4. The van der Waals surface area contributed by atoms with Crippen LogP contribution in [0.25, 0.3) is 11.2 Å². The zero-order valence-corrected chi connectivity index (χ0v) is 12.9. The van der Waals surface area contributed by atoms with Gasteiger partial charge in [0, 0.05) is 0 Å².